The molecule has 0 spiro atoms. The number of piperazine rings is 1. The quantitative estimate of drug-likeness (QED) is 0.776. The van der Waals surface area contributed by atoms with E-state index in [4.69, 9.17) is 9.47 Å². The molecule has 23 heavy (non-hydrogen) atoms. The molecule has 1 saturated heterocycles. The standard InChI is InChI=1S/C17H24N2O4/c1-3-22-16(20)15-13-18(12-14-8-6-5-7-9-14)10-11-19(15)17(21)23-4-2/h5-9,15H,3-4,10-13H2,1-2H3. The maximum absolute atomic E-state index is 12.2. The fourth-order valence-corrected chi connectivity index (χ4v) is 2.69. The van der Waals surface area contributed by atoms with E-state index in [1.165, 1.54) is 10.5 Å². The van der Waals surface area contributed by atoms with E-state index in [1.807, 2.05) is 18.2 Å². The monoisotopic (exact) mass is 320 g/mol. The lowest BCUT2D eigenvalue weighted by atomic mass is 10.1. The minimum atomic E-state index is -0.619. The first-order valence-electron chi connectivity index (χ1n) is 8.02. The fraction of sp³-hybridized carbons (Fsp3) is 0.529. The Balaban J connectivity index is 2.05. The Morgan fingerprint density at radius 2 is 1.78 bits per heavy atom. The number of ether oxygens (including phenoxy) is 2. The second kappa shape index (κ2) is 8.53. The zero-order valence-electron chi connectivity index (χ0n) is 13.7. The molecule has 0 aliphatic carbocycles. The number of carbonyl (C=O) groups is 2. The van der Waals surface area contributed by atoms with Gasteiger partial charge in [-0.3, -0.25) is 9.80 Å². The van der Waals surface area contributed by atoms with Gasteiger partial charge in [0.1, 0.15) is 6.04 Å². The highest BCUT2D eigenvalue weighted by Crippen LogP contribution is 2.16. The van der Waals surface area contributed by atoms with E-state index in [1.54, 1.807) is 13.8 Å². The molecule has 1 atom stereocenters. The Hall–Kier alpha value is -2.08. The summed E-state index contributed by atoms with van der Waals surface area (Å²) in [7, 11) is 0. The summed E-state index contributed by atoms with van der Waals surface area (Å²) >= 11 is 0. The van der Waals surface area contributed by atoms with Gasteiger partial charge in [0.25, 0.3) is 0 Å². The van der Waals surface area contributed by atoms with Crippen molar-refractivity contribution in [2.75, 3.05) is 32.8 Å². The zero-order valence-corrected chi connectivity index (χ0v) is 13.7. The van der Waals surface area contributed by atoms with Crippen LogP contribution in [0.25, 0.3) is 0 Å². The molecule has 0 bridgehead atoms. The van der Waals surface area contributed by atoms with Crippen molar-refractivity contribution in [3.05, 3.63) is 35.9 Å². The van der Waals surface area contributed by atoms with Crippen LogP contribution in [0.1, 0.15) is 19.4 Å². The first kappa shape index (κ1) is 17.3. The number of amides is 1. The fourth-order valence-electron chi connectivity index (χ4n) is 2.69. The lowest BCUT2D eigenvalue weighted by Crippen LogP contribution is -2.58. The predicted octanol–water partition coefficient (Wildman–Crippen LogP) is 1.89. The third kappa shape index (κ3) is 4.69. The second-order valence-corrected chi connectivity index (χ2v) is 5.38. The van der Waals surface area contributed by atoms with E-state index in [9.17, 15) is 9.59 Å². The van der Waals surface area contributed by atoms with E-state index in [0.717, 1.165) is 6.54 Å². The second-order valence-electron chi connectivity index (χ2n) is 5.38. The van der Waals surface area contributed by atoms with Crippen LogP contribution >= 0.6 is 0 Å². The van der Waals surface area contributed by atoms with Crippen molar-refractivity contribution in [3.8, 4) is 0 Å². The smallest absolute Gasteiger partial charge is 0.410 e. The average molecular weight is 320 g/mol. The maximum Gasteiger partial charge on any atom is 0.410 e. The zero-order chi connectivity index (χ0) is 16.7. The first-order valence-corrected chi connectivity index (χ1v) is 8.02. The summed E-state index contributed by atoms with van der Waals surface area (Å²) in [6, 6.07) is 9.45. The normalized spacial score (nSPS) is 18.5. The van der Waals surface area contributed by atoms with Crippen molar-refractivity contribution in [2.45, 2.75) is 26.4 Å². The summed E-state index contributed by atoms with van der Waals surface area (Å²) in [5.74, 6) is -0.377. The largest absolute Gasteiger partial charge is 0.464 e. The third-order valence-corrected chi connectivity index (χ3v) is 3.77. The molecule has 1 aromatic rings. The molecule has 1 aliphatic heterocycles. The number of rotatable bonds is 5. The van der Waals surface area contributed by atoms with Crippen LogP contribution in [0, 0.1) is 0 Å². The van der Waals surface area contributed by atoms with Gasteiger partial charge in [-0.25, -0.2) is 9.59 Å². The Morgan fingerprint density at radius 1 is 1.09 bits per heavy atom. The maximum atomic E-state index is 12.2. The molecule has 1 aromatic carbocycles. The van der Waals surface area contributed by atoms with E-state index >= 15 is 0 Å². The molecule has 6 heteroatoms. The van der Waals surface area contributed by atoms with Crippen molar-refractivity contribution >= 4 is 12.1 Å². The van der Waals surface area contributed by atoms with Crippen LogP contribution < -0.4 is 0 Å². The van der Waals surface area contributed by atoms with Crippen LogP contribution in [0.3, 0.4) is 0 Å². The van der Waals surface area contributed by atoms with Gasteiger partial charge in [-0.05, 0) is 19.4 Å². The van der Waals surface area contributed by atoms with Crippen molar-refractivity contribution in [2.24, 2.45) is 0 Å². The summed E-state index contributed by atoms with van der Waals surface area (Å²) < 4.78 is 10.2. The van der Waals surface area contributed by atoms with Gasteiger partial charge in [-0.2, -0.15) is 0 Å². The first-order chi connectivity index (χ1) is 11.2. The molecule has 1 aliphatic rings. The van der Waals surface area contributed by atoms with Crippen LogP contribution in [-0.2, 0) is 20.8 Å². The Bertz CT molecular complexity index is 521. The summed E-state index contributed by atoms with van der Waals surface area (Å²) in [4.78, 5) is 27.9. The predicted molar refractivity (Wildman–Crippen MR) is 85.9 cm³/mol. The van der Waals surface area contributed by atoms with Crippen molar-refractivity contribution in [1.82, 2.24) is 9.80 Å². The van der Waals surface area contributed by atoms with Crippen molar-refractivity contribution in [3.63, 3.8) is 0 Å². The molecule has 126 valence electrons. The topological polar surface area (TPSA) is 59.1 Å². The average Bonchev–Trinajstić information content (AvgIpc) is 2.56. The highest BCUT2D eigenvalue weighted by atomic mass is 16.6. The molecular formula is C17H24N2O4. The molecule has 0 aromatic heterocycles. The number of hydrogen-bond acceptors (Lipinski definition) is 5. The van der Waals surface area contributed by atoms with Crippen molar-refractivity contribution < 1.29 is 19.1 Å². The Labute approximate surface area is 137 Å². The van der Waals surface area contributed by atoms with Gasteiger partial charge in [-0.1, -0.05) is 30.3 Å². The van der Waals surface area contributed by atoms with Gasteiger partial charge in [0.15, 0.2) is 0 Å². The summed E-state index contributed by atoms with van der Waals surface area (Å²) in [6.07, 6.45) is -0.454. The number of benzene rings is 1. The minimum Gasteiger partial charge on any atom is -0.464 e. The number of esters is 1. The van der Waals surface area contributed by atoms with Gasteiger partial charge in [0.05, 0.1) is 13.2 Å². The summed E-state index contributed by atoms with van der Waals surface area (Å²) in [5.41, 5.74) is 1.18. The molecular weight excluding hydrogens is 296 g/mol. The van der Waals surface area contributed by atoms with E-state index in [2.05, 4.69) is 17.0 Å². The molecule has 0 N–H and O–H groups in total. The highest BCUT2D eigenvalue weighted by Gasteiger charge is 2.37. The molecule has 0 radical (unpaired) electrons. The molecule has 1 unspecified atom stereocenters. The molecule has 0 saturated carbocycles. The SMILES string of the molecule is CCOC(=O)C1CN(Cc2ccccc2)CCN1C(=O)OCC. The van der Waals surface area contributed by atoms with E-state index in [-0.39, 0.29) is 5.97 Å². The summed E-state index contributed by atoms with van der Waals surface area (Å²) in [5, 5.41) is 0. The van der Waals surface area contributed by atoms with E-state index in [0.29, 0.717) is 32.8 Å². The number of hydrogen-bond donors (Lipinski definition) is 0. The lowest BCUT2D eigenvalue weighted by Gasteiger charge is -2.39. The van der Waals surface area contributed by atoms with Gasteiger partial charge < -0.3 is 9.47 Å². The van der Waals surface area contributed by atoms with Crippen LogP contribution in [-0.4, -0.2) is 60.8 Å². The van der Waals surface area contributed by atoms with Gasteiger partial charge >= 0.3 is 12.1 Å². The third-order valence-electron chi connectivity index (χ3n) is 3.77. The van der Waals surface area contributed by atoms with Gasteiger partial charge in [-0.15, -0.1) is 0 Å². The molecule has 2 rings (SSSR count). The Kier molecular flexibility index (Phi) is 6.40. The van der Waals surface area contributed by atoms with Crippen LogP contribution in [0.15, 0.2) is 30.3 Å². The highest BCUT2D eigenvalue weighted by molar-refractivity contribution is 5.82. The lowest BCUT2D eigenvalue weighted by molar-refractivity contribution is -0.151. The number of carbonyl (C=O) groups excluding carboxylic acids is 2. The van der Waals surface area contributed by atoms with E-state index < -0.39 is 12.1 Å². The van der Waals surface area contributed by atoms with Crippen molar-refractivity contribution in [1.29, 1.82) is 0 Å². The minimum absolute atomic E-state index is 0.290. The van der Waals surface area contributed by atoms with Crippen LogP contribution in [0.2, 0.25) is 0 Å². The Morgan fingerprint density at radius 3 is 2.43 bits per heavy atom. The summed E-state index contributed by atoms with van der Waals surface area (Å²) in [6.45, 7) is 6.45. The molecule has 1 fully saturated rings. The van der Waals surface area contributed by atoms with Crippen LogP contribution in [0.4, 0.5) is 4.79 Å². The number of nitrogens with zero attached hydrogens (tertiary/aromatic N) is 2. The molecule has 1 amide bonds. The van der Waals surface area contributed by atoms with Gasteiger partial charge in [0, 0.05) is 26.2 Å². The molecule has 6 nitrogen and oxygen atoms in total. The van der Waals surface area contributed by atoms with Crippen LogP contribution in [0.5, 0.6) is 0 Å². The van der Waals surface area contributed by atoms with Gasteiger partial charge in [0.2, 0.25) is 0 Å². The molecule has 1 heterocycles.